The molecular weight excluding hydrogens is 496 g/mol. The number of benzene rings is 1. The molecule has 1 amide bonds. The second-order valence-electron chi connectivity index (χ2n) is 7.12. The number of carbonyl (C=O) groups is 1. The van der Waals surface area contributed by atoms with Gasteiger partial charge in [0.05, 0.1) is 24.8 Å². The number of halogens is 1. The summed E-state index contributed by atoms with van der Waals surface area (Å²) in [5.74, 6) is 3.70. The number of nitrogens with one attached hydrogen (secondary N) is 2. The van der Waals surface area contributed by atoms with Crippen molar-refractivity contribution in [3.8, 4) is 12.0 Å². The van der Waals surface area contributed by atoms with Crippen LogP contribution in [0.2, 0.25) is 0 Å². The molecule has 32 heavy (non-hydrogen) atoms. The largest absolute Gasteiger partial charge is 0.348 e. The third-order valence-electron chi connectivity index (χ3n) is 4.82. The summed E-state index contributed by atoms with van der Waals surface area (Å²) < 4.78 is 18.1. The Bertz CT molecular complexity index is 1400. The zero-order valence-corrected chi connectivity index (χ0v) is 20.1. The summed E-state index contributed by atoms with van der Waals surface area (Å²) >= 11 is 3.31. The lowest BCUT2D eigenvalue weighted by atomic mass is 10.2. The highest BCUT2D eigenvalue weighted by molar-refractivity contribution is 9.10. The molecule has 0 radical (unpaired) electrons. The maximum atomic E-state index is 12.8. The van der Waals surface area contributed by atoms with Crippen LogP contribution in [0.4, 0.5) is 0 Å². The second-order valence-corrected chi connectivity index (χ2v) is 9.94. The highest BCUT2D eigenvalue weighted by atomic mass is 79.9. The summed E-state index contributed by atoms with van der Waals surface area (Å²) in [5, 5.41) is 15.7. The Morgan fingerprint density at radius 2 is 1.97 bits per heavy atom. The smallest absolute Gasteiger partial charge is 0.257 e. The van der Waals surface area contributed by atoms with Gasteiger partial charge in [-0.25, -0.2) is 8.93 Å². The summed E-state index contributed by atoms with van der Waals surface area (Å²) in [6.07, 6.45) is 3.13. The Morgan fingerprint density at radius 3 is 2.53 bits per heavy atom. The van der Waals surface area contributed by atoms with Gasteiger partial charge in [0.15, 0.2) is 6.19 Å². The molecule has 2 N–H and O–H groups in total. The SMILES string of the molecule is C=S(=O)(NC#N)c1ccc(CNC(=O)c2cn(-c3cc(C)nn3C)c(C)c(Br)c2=O)cc1. The molecule has 2 heterocycles. The molecule has 0 aliphatic heterocycles. The van der Waals surface area contributed by atoms with Crippen LogP contribution < -0.4 is 15.5 Å². The van der Waals surface area contributed by atoms with Crippen LogP contribution in [-0.2, 0) is 23.3 Å². The lowest BCUT2D eigenvalue weighted by Crippen LogP contribution is -2.30. The minimum Gasteiger partial charge on any atom is -0.348 e. The van der Waals surface area contributed by atoms with E-state index in [2.05, 4.69) is 36.9 Å². The van der Waals surface area contributed by atoms with Gasteiger partial charge in [-0.3, -0.25) is 14.3 Å². The van der Waals surface area contributed by atoms with E-state index in [4.69, 9.17) is 5.26 Å². The quantitative estimate of drug-likeness (QED) is 0.294. The van der Waals surface area contributed by atoms with Gasteiger partial charge in [0.25, 0.3) is 5.91 Å². The summed E-state index contributed by atoms with van der Waals surface area (Å²) in [4.78, 5) is 25.9. The first-order valence-corrected chi connectivity index (χ1v) is 11.9. The topological polar surface area (TPSA) is 122 Å². The van der Waals surface area contributed by atoms with Crippen molar-refractivity contribution in [2.24, 2.45) is 7.05 Å². The second kappa shape index (κ2) is 9.02. The highest BCUT2D eigenvalue weighted by Crippen LogP contribution is 2.18. The zero-order chi connectivity index (χ0) is 23.6. The zero-order valence-electron chi connectivity index (χ0n) is 17.7. The van der Waals surface area contributed by atoms with E-state index in [0.717, 1.165) is 11.3 Å². The Morgan fingerprint density at radius 1 is 1.31 bits per heavy atom. The molecule has 9 nitrogen and oxygen atoms in total. The molecule has 2 aromatic heterocycles. The van der Waals surface area contributed by atoms with Crippen molar-refractivity contribution in [2.75, 3.05) is 0 Å². The van der Waals surface area contributed by atoms with Crippen LogP contribution in [0.1, 0.15) is 27.3 Å². The first kappa shape index (κ1) is 23.3. The molecule has 0 bridgehead atoms. The van der Waals surface area contributed by atoms with Crippen LogP contribution in [0.5, 0.6) is 0 Å². The van der Waals surface area contributed by atoms with Gasteiger partial charge in [0, 0.05) is 31.5 Å². The van der Waals surface area contributed by atoms with Crippen LogP contribution >= 0.6 is 15.9 Å². The van der Waals surface area contributed by atoms with Gasteiger partial charge in [0.2, 0.25) is 5.43 Å². The molecule has 0 fully saturated rings. The minimum atomic E-state index is -2.90. The van der Waals surface area contributed by atoms with Gasteiger partial charge in [-0.2, -0.15) is 10.4 Å². The Kier molecular flexibility index (Phi) is 6.57. The number of aryl methyl sites for hydroxylation is 2. The van der Waals surface area contributed by atoms with Crippen molar-refractivity contribution in [1.29, 1.82) is 5.26 Å². The molecule has 1 atom stereocenters. The van der Waals surface area contributed by atoms with E-state index in [0.29, 0.717) is 20.9 Å². The molecule has 1 unspecified atom stereocenters. The maximum Gasteiger partial charge on any atom is 0.257 e. The number of amides is 1. The molecule has 3 rings (SSSR count). The summed E-state index contributed by atoms with van der Waals surface area (Å²) in [6, 6.07) is 8.33. The summed E-state index contributed by atoms with van der Waals surface area (Å²) in [5.41, 5.74) is 1.75. The van der Waals surface area contributed by atoms with Gasteiger partial charge in [-0.05, 0) is 53.3 Å². The Labute approximate surface area is 194 Å². The molecule has 3 aromatic rings. The maximum absolute atomic E-state index is 12.8. The standard InChI is InChI=1S/C21H21BrN6O3S/c1-13-9-18(27(3)26-13)28-11-17(20(29)19(22)14(28)2)21(30)24-10-15-5-7-16(8-6-15)32(4,31)25-12-23/h5-9,11H,4,10H2,1-3H3,(H,24,30)(H,25,31). The third-order valence-corrected chi connectivity index (χ3v) is 7.21. The predicted molar refractivity (Wildman–Crippen MR) is 126 cm³/mol. The van der Waals surface area contributed by atoms with Gasteiger partial charge in [-0.1, -0.05) is 12.1 Å². The fraction of sp³-hybridized carbons (Fsp3) is 0.190. The van der Waals surface area contributed by atoms with Crippen molar-refractivity contribution in [3.05, 3.63) is 73.7 Å². The highest BCUT2D eigenvalue weighted by Gasteiger charge is 2.19. The first-order chi connectivity index (χ1) is 15.0. The van der Waals surface area contributed by atoms with Crippen molar-refractivity contribution in [2.45, 2.75) is 25.3 Å². The Hall–Kier alpha value is -3.36. The van der Waals surface area contributed by atoms with Crippen LogP contribution in [-0.4, -0.2) is 30.3 Å². The van der Waals surface area contributed by atoms with Gasteiger partial charge < -0.3 is 9.88 Å². The summed E-state index contributed by atoms with van der Waals surface area (Å²) in [7, 11) is -1.12. The molecule has 0 saturated heterocycles. The van der Waals surface area contributed by atoms with E-state index in [1.807, 2.05) is 13.0 Å². The van der Waals surface area contributed by atoms with Crippen molar-refractivity contribution in [3.63, 3.8) is 0 Å². The molecule has 0 saturated carbocycles. The van der Waals surface area contributed by atoms with Crippen LogP contribution in [0, 0.1) is 25.3 Å². The van der Waals surface area contributed by atoms with E-state index in [1.165, 1.54) is 6.20 Å². The molecule has 11 heteroatoms. The van der Waals surface area contributed by atoms with E-state index >= 15 is 0 Å². The lowest BCUT2D eigenvalue weighted by molar-refractivity contribution is 0.0949. The Balaban J connectivity index is 1.85. The average Bonchev–Trinajstić information content (AvgIpc) is 3.08. The van der Waals surface area contributed by atoms with Crippen molar-refractivity contribution >= 4 is 37.4 Å². The number of carbonyl (C=O) groups excluding carboxylic acids is 1. The fourth-order valence-electron chi connectivity index (χ4n) is 3.13. The normalized spacial score (nSPS) is 12.6. The van der Waals surface area contributed by atoms with Crippen molar-refractivity contribution in [1.82, 2.24) is 24.4 Å². The predicted octanol–water partition coefficient (Wildman–Crippen LogP) is 1.94. The van der Waals surface area contributed by atoms with Gasteiger partial charge >= 0.3 is 0 Å². The van der Waals surface area contributed by atoms with E-state index in [-0.39, 0.29) is 12.1 Å². The molecule has 0 aliphatic rings. The number of hydrogen-bond acceptors (Lipinski definition) is 5. The van der Waals surface area contributed by atoms with E-state index < -0.39 is 21.0 Å². The van der Waals surface area contributed by atoms with E-state index in [9.17, 15) is 13.8 Å². The number of aromatic nitrogens is 3. The molecule has 0 aliphatic carbocycles. The monoisotopic (exact) mass is 516 g/mol. The molecule has 166 valence electrons. The van der Waals surface area contributed by atoms with E-state index in [1.54, 1.807) is 53.7 Å². The summed E-state index contributed by atoms with van der Waals surface area (Å²) in [6.45, 7) is 3.79. The number of hydrogen-bond donors (Lipinski definition) is 2. The third kappa shape index (κ3) is 4.61. The van der Waals surface area contributed by atoms with Crippen LogP contribution in [0.15, 0.2) is 50.7 Å². The van der Waals surface area contributed by atoms with Crippen LogP contribution in [0.3, 0.4) is 0 Å². The first-order valence-electron chi connectivity index (χ1n) is 9.38. The molecule has 0 spiro atoms. The number of nitriles is 1. The molecular formula is C21H21BrN6O3S. The van der Waals surface area contributed by atoms with Crippen molar-refractivity contribution < 1.29 is 9.00 Å². The number of rotatable bonds is 6. The minimum absolute atomic E-state index is 0.0167. The van der Waals surface area contributed by atoms with Crippen LogP contribution in [0.25, 0.3) is 5.82 Å². The van der Waals surface area contributed by atoms with Gasteiger partial charge in [-0.15, -0.1) is 0 Å². The fourth-order valence-corrected chi connectivity index (χ4v) is 4.38. The van der Waals surface area contributed by atoms with Gasteiger partial charge in [0.1, 0.15) is 11.4 Å². The lowest BCUT2D eigenvalue weighted by Gasteiger charge is -2.14. The molecule has 1 aromatic carbocycles. The number of pyridine rings is 1. The number of nitrogens with zero attached hydrogens (tertiary/aromatic N) is 4. The average molecular weight is 517 g/mol.